The molecule has 15 heavy (non-hydrogen) atoms. The first-order chi connectivity index (χ1) is 6.81. The minimum Gasteiger partial charge on any atom is -0.465 e. The molecule has 1 N–H and O–H groups in total. The van der Waals surface area contributed by atoms with Crippen LogP contribution >= 0.6 is 0 Å². The van der Waals surface area contributed by atoms with Crippen molar-refractivity contribution < 1.29 is 19.1 Å². The highest BCUT2D eigenvalue weighted by atomic mass is 16.5. The van der Waals surface area contributed by atoms with Gasteiger partial charge in [0.15, 0.2) is 5.78 Å². The van der Waals surface area contributed by atoms with Crippen molar-refractivity contribution in [1.29, 1.82) is 0 Å². The second-order valence-electron chi connectivity index (χ2n) is 3.90. The summed E-state index contributed by atoms with van der Waals surface area (Å²) in [5.41, 5.74) is -1.11. The number of hydrogen-bond acceptors (Lipinski definition) is 4. The number of nitrogens with one attached hydrogen (secondary N) is 1. The molecular weight excluding hydrogens is 198 g/mol. The highest BCUT2D eigenvalue weighted by Crippen LogP contribution is 2.21. The Bertz CT molecular complexity index is 379. The number of amides is 1. The molecule has 1 aliphatic rings. The molecule has 0 spiro atoms. The molecule has 0 radical (unpaired) electrons. The fraction of sp³-hybridized carbons (Fsp3) is 0.500. The largest absolute Gasteiger partial charge is 0.465 e. The number of ketones is 1. The van der Waals surface area contributed by atoms with E-state index in [0.29, 0.717) is 0 Å². The third-order valence-electron chi connectivity index (χ3n) is 2.33. The molecule has 0 atom stereocenters. The summed E-state index contributed by atoms with van der Waals surface area (Å²) in [4.78, 5) is 34.6. The fourth-order valence-electron chi connectivity index (χ4n) is 1.38. The third-order valence-corrected chi connectivity index (χ3v) is 2.33. The monoisotopic (exact) mass is 211 g/mol. The summed E-state index contributed by atoms with van der Waals surface area (Å²) in [7, 11) is 1.18. The Morgan fingerprint density at radius 3 is 2.33 bits per heavy atom. The molecule has 0 fully saturated rings. The van der Waals surface area contributed by atoms with Gasteiger partial charge in [0.1, 0.15) is 5.57 Å². The Morgan fingerprint density at radius 2 is 1.87 bits per heavy atom. The van der Waals surface area contributed by atoms with E-state index in [0.717, 1.165) is 0 Å². The number of esters is 1. The van der Waals surface area contributed by atoms with Crippen molar-refractivity contribution in [3.8, 4) is 0 Å². The lowest BCUT2D eigenvalue weighted by Gasteiger charge is -2.30. The van der Waals surface area contributed by atoms with E-state index in [1.807, 2.05) is 0 Å². The Balaban J connectivity index is 3.30. The zero-order valence-electron chi connectivity index (χ0n) is 9.13. The minimum absolute atomic E-state index is 0.103. The quantitative estimate of drug-likeness (QED) is 0.487. The van der Waals surface area contributed by atoms with Crippen LogP contribution in [0, 0.1) is 0 Å². The van der Waals surface area contributed by atoms with E-state index in [1.54, 1.807) is 13.8 Å². The molecule has 1 amide bonds. The minimum atomic E-state index is -1.06. The Kier molecular flexibility index (Phi) is 2.66. The average molecular weight is 211 g/mol. The van der Waals surface area contributed by atoms with Gasteiger partial charge in [0.25, 0.3) is 0 Å². The van der Waals surface area contributed by atoms with Crippen LogP contribution < -0.4 is 5.32 Å². The topological polar surface area (TPSA) is 72.5 Å². The first-order valence-corrected chi connectivity index (χ1v) is 4.47. The molecule has 0 aromatic carbocycles. The van der Waals surface area contributed by atoms with Gasteiger partial charge in [-0.2, -0.15) is 0 Å². The van der Waals surface area contributed by atoms with Gasteiger partial charge in [0, 0.05) is 5.57 Å². The van der Waals surface area contributed by atoms with Gasteiger partial charge in [-0.3, -0.25) is 9.59 Å². The van der Waals surface area contributed by atoms with Gasteiger partial charge in [0.2, 0.25) is 5.91 Å². The average Bonchev–Trinajstić information content (AvgIpc) is 2.14. The lowest BCUT2D eigenvalue weighted by molar-refractivity contribution is -0.140. The standard InChI is InChI=1S/C10H13NO4/c1-5-6(9(14)15-4)7(12)10(2,3)11-8(5)13/h1-4H3,(H,11,13). The Morgan fingerprint density at radius 1 is 1.33 bits per heavy atom. The summed E-state index contributed by atoms with van der Waals surface area (Å²) in [6, 6.07) is 0. The number of methoxy groups -OCH3 is 1. The predicted molar refractivity (Wildman–Crippen MR) is 51.9 cm³/mol. The molecule has 1 rings (SSSR count). The maximum absolute atomic E-state index is 11.8. The molecule has 82 valence electrons. The van der Waals surface area contributed by atoms with Crippen molar-refractivity contribution in [1.82, 2.24) is 5.32 Å². The number of ether oxygens (including phenoxy) is 1. The van der Waals surface area contributed by atoms with Gasteiger partial charge in [0.05, 0.1) is 12.6 Å². The predicted octanol–water partition coefficient (Wildman–Crippen LogP) is -0.0466. The number of carbonyl (C=O) groups is 3. The molecule has 1 aliphatic heterocycles. The second-order valence-corrected chi connectivity index (χ2v) is 3.90. The molecule has 0 aromatic rings. The summed E-state index contributed by atoms with van der Waals surface area (Å²) >= 11 is 0. The van der Waals surface area contributed by atoms with Crippen LogP contribution in [-0.4, -0.2) is 30.3 Å². The van der Waals surface area contributed by atoms with Gasteiger partial charge < -0.3 is 10.1 Å². The zero-order chi connectivity index (χ0) is 11.8. The fourth-order valence-corrected chi connectivity index (χ4v) is 1.38. The first-order valence-electron chi connectivity index (χ1n) is 4.47. The number of Topliss-reactive ketones (excluding diaryl/α,β-unsaturated/α-hetero) is 1. The van der Waals surface area contributed by atoms with Crippen molar-refractivity contribution in [2.24, 2.45) is 0 Å². The Labute approximate surface area is 87.5 Å². The van der Waals surface area contributed by atoms with Crippen LogP contribution in [0.25, 0.3) is 0 Å². The first kappa shape index (κ1) is 11.4. The molecular formula is C10H13NO4. The molecule has 0 saturated carbocycles. The van der Waals surface area contributed by atoms with Crippen LogP contribution in [0.4, 0.5) is 0 Å². The Hall–Kier alpha value is -1.65. The normalized spacial score (nSPS) is 20.0. The summed E-state index contributed by atoms with van der Waals surface area (Å²) in [5, 5.41) is 2.51. The van der Waals surface area contributed by atoms with Gasteiger partial charge in [-0.1, -0.05) is 0 Å². The number of carbonyl (C=O) groups excluding carboxylic acids is 3. The number of rotatable bonds is 1. The van der Waals surface area contributed by atoms with E-state index in [4.69, 9.17) is 0 Å². The molecule has 0 bridgehead atoms. The van der Waals surface area contributed by atoms with E-state index < -0.39 is 23.2 Å². The summed E-state index contributed by atoms with van der Waals surface area (Å²) in [6.45, 7) is 4.51. The summed E-state index contributed by atoms with van der Waals surface area (Å²) in [5.74, 6) is -1.60. The maximum atomic E-state index is 11.8. The maximum Gasteiger partial charge on any atom is 0.342 e. The lowest BCUT2D eigenvalue weighted by atomic mass is 9.86. The van der Waals surface area contributed by atoms with E-state index in [-0.39, 0.29) is 11.1 Å². The smallest absolute Gasteiger partial charge is 0.342 e. The molecule has 5 heteroatoms. The van der Waals surface area contributed by atoms with Crippen molar-refractivity contribution in [2.75, 3.05) is 7.11 Å². The van der Waals surface area contributed by atoms with E-state index in [2.05, 4.69) is 10.1 Å². The van der Waals surface area contributed by atoms with Crippen molar-refractivity contribution in [2.45, 2.75) is 26.3 Å². The summed E-state index contributed by atoms with van der Waals surface area (Å²) < 4.78 is 4.47. The van der Waals surface area contributed by atoms with Crippen molar-refractivity contribution in [3.05, 3.63) is 11.1 Å². The molecule has 0 unspecified atom stereocenters. The van der Waals surface area contributed by atoms with E-state index in [9.17, 15) is 14.4 Å². The van der Waals surface area contributed by atoms with E-state index >= 15 is 0 Å². The summed E-state index contributed by atoms with van der Waals surface area (Å²) in [6.07, 6.45) is 0. The van der Waals surface area contributed by atoms with Gasteiger partial charge in [-0.05, 0) is 20.8 Å². The van der Waals surface area contributed by atoms with Crippen LogP contribution in [0.5, 0.6) is 0 Å². The highest BCUT2D eigenvalue weighted by molar-refractivity contribution is 6.27. The SMILES string of the molecule is COC(=O)C1=C(C)C(=O)NC(C)(C)C1=O. The van der Waals surface area contributed by atoms with Crippen LogP contribution in [0.2, 0.25) is 0 Å². The third kappa shape index (κ3) is 1.77. The van der Waals surface area contributed by atoms with Gasteiger partial charge in [-0.25, -0.2) is 4.79 Å². The van der Waals surface area contributed by atoms with Crippen LogP contribution in [-0.2, 0) is 19.1 Å². The van der Waals surface area contributed by atoms with Crippen LogP contribution in [0.1, 0.15) is 20.8 Å². The van der Waals surface area contributed by atoms with Gasteiger partial charge in [-0.15, -0.1) is 0 Å². The second kappa shape index (κ2) is 3.49. The molecule has 0 aliphatic carbocycles. The molecule has 0 saturated heterocycles. The van der Waals surface area contributed by atoms with Crippen LogP contribution in [0.3, 0.4) is 0 Å². The molecule has 1 heterocycles. The lowest BCUT2D eigenvalue weighted by Crippen LogP contribution is -2.55. The van der Waals surface area contributed by atoms with Crippen molar-refractivity contribution in [3.63, 3.8) is 0 Å². The van der Waals surface area contributed by atoms with E-state index in [1.165, 1.54) is 14.0 Å². The molecule has 0 aromatic heterocycles. The molecule has 5 nitrogen and oxygen atoms in total. The highest BCUT2D eigenvalue weighted by Gasteiger charge is 2.41. The number of hydrogen-bond donors (Lipinski definition) is 1. The van der Waals surface area contributed by atoms with Gasteiger partial charge >= 0.3 is 5.97 Å². The van der Waals surface area contributed by atoms with Crippen molar-refractivity contribution >= 4 is 17.7 Å². The zero-order valence-corrected chi connectivity index (χ0v) is 9.13. The van der Waals surface area contributed by atoms with Crippen LogP contribution in [0.15, 0.2) is 11.1 Å².